The Morgan fingerprint density at radius 1 is 0.966 bits per heavy atom. The van der Waals surface area contributed by atoms with E-state index >= 15 is 0 Å². The van der Waals surface area contributed by atoms with Gasteiger partial charge < -0.3 is 5.32 Å². The molecule has 0 fully saturated rings. The quantitative estimate of drug-likeness (QED) is 0.686. The van der Waals surface area contributed by atoms with Crippen molar-refractivity contribution in [3.8, 4) is 11.3 Å². The number of hydrogen-bond acceptors (Lipinski definition) is 3. The molecule has 1 aromatic heterocycles. The molecule has 3 aromatic rings. The normalized spacial score (nSPS) is 11.9. The van der Waals surface area contributed by atoms with Crippen LogP contribution >= 0.6 is 0 Å². The van der Waals surface area contributed by atoms with E-state index in [9.17, 15) is 9.59 Å². The number of amides is 1. The maximum atomic E-state index is 13.0. The summed E-state index contributed by atoms with van der Waals surface area (Å²) >= 11 is 0. The number of aromatic nitrogens is 2. The smallest absolute Gasteiger partial charge is 0.267 e. The molecular formula is C24H27N3O2. The Bertz CT molecular complexity index is 1120. The Kier molecular flexibility index (Phi) is 5.97. The van der Waals surface area contributed by atoms with Gasteiger partial charge in [-0.15, -0.1) is 0 Å². The minimum Gasteiger partial charge on any atom is -0.324 e. The molecule has 29 heavy (non-hydrogen) atoms. The molecule has 2 aromatic carbocycles. The van der Waals surface area contributed by atoms with E-state index in [0.29, 0.717) is 12.1 Å². The number of carbonyl (C=O) groups excluding carboxylic acids is 1. The first-order chi connectivity index (χ1) is 13.8. The first-order valence-electron chi connectivity index (χ1n) is 9.85. The van der Waals surface area contributed by atoms with Crippen molar-refractivity contribution in [2.24, 2.45) is 0 Å². The number of benzene rings is 2. The molecule has 3 rings (SSSR count). The van der Waals surface area contributed by atoms with Crippen LogP contribution in [-0.4, -0.2) is 15.7 Å². The summed E-state index contributed by atoms with van der Waals surface area (Å²) in [5.74, 6) is -0.243. The van der Waals surface area contributed by atoms with E-state index in [-0.39, 0.29) is 11.5 Å². The van der Waals surface area contributed by atoms with Crippen LogP contribution in [0.5, 0.6) is 0 Å². The molecule has 0 radical (unpaired) electrons. The third-order valence-corrected chi connectivity index (χ3v) is 5.12. The highest BCUT2D eigenvalue weighted by atomic mass is 16.2. The van der Waals surface area contributed by atoms with Crippen molar-refractivity contribution in [3.05, 3.63) is 81.1 Å². The first-order valence-corrected chi connectivity index (χ1v) is 9.85. The molecule has 1 heterocycles. The van der Waals surface area contributed by atoms with Crippen LogP contribution in [0, 0.1) is 27.7 Å². The number of hydrogen-bond donors (Lipinski definition) is 1. The van der Waals surface area contributed by atoms with Gasteiger partial charge >= 0.3 is 0 Å². The van der Waals surface area contributed by atoms with Crippen LogP contribution in [0.15, 0.2) is 53.3 Å². The lowest BCUT2D eigenvalue weighted by Gasteiger charge is -2.19. The van der Waals surface area contributed by atoms with Crippen molar-refractivity contribution >= 4 is 11.6 Å². The first kappa shape index (κ1) is 20.5. The molecule has 1 N–H and O–H groups in total. The SMILES string of the molecule is CC[C@@H](C(=O)Nc1ccc(C)cc1C)n1nc(-c2cc(C)ccc2C)ccc1=O. The average molecular weight is 389 g/mol. The van der Waals surface area contributed by atoms with Gasteiger partial charge in [0.1, 0.15) is 6.04 Å². The maximum absolute atomic E-state index is 13.0. The third-order valence-electron chi connectivity index (χ3n) is 5.12. The van der Waals surface area contributed by atoms with E-state index in [2.05, 4.69) is 10.4 Å². The second-order valence-corrected chi connectivity index (χ2v) is 7.55. The molecule has 5 heteroatoms. The third kappa shape index (κ3) is 4.45. The molecule has 0 saturated heterocycles. The van der Waals surface area contributed by atoms with Crippen LogP contribution in [0.3, 0.4) is 0 Å². The van der Waals surface area contributed by atoms with Gasteiger partial charge in [-0.1, -0.05) is 42.3 Å². The molecule has 0 aliphatic carbocycles. The Morgan fingerprint density at radius 3 is 2.34 bits per heavy atom. The van der Waals surface area contributed by atoms with Crippen molar-refractivity contribution in [2.75, 3.05) is 5.32 Å². The number of nitrogens with zero attached hydrogens (tertiary/aromatic N) is 2. The average Bonchev–Trinajstić information content (AvgIpc) is 2.68. The predicted octanol–water partition coefficient (Wildman–Crippen LogP) is 4.73. The van der Waals surface area contributed by atoms with E-state index in [4.69, 9.17) is 0 Å². The zero-order valence-corrected chi connectivity index (χ0v) is 17.6. The zero-order chi connectivity index (χ0) is 21.1. The molecule has 1 atom stereocenters. The number of rotatable bonds is 5. The molecule has 0 aliphatic heterocycles. The number of anilines is 1. The summed E-state index contributed by atoms with van der Waals surface area (Å²) in [7, 11) is 0. The Labute approximate surface area is 171 Å². The second kappa shape index (κ2) is 8.43. The highest BCUT2D eigenvalue weighted by molar-refractivity contribution is 5.94. The van der Waals surface area contributed by atoms with Gasteiger partial charge in [0.15, 0.2) is 0 Å². The van der Waals surface area contributed by atoms with Gasteiger partial charge in [0.05, 0.1) is 5.69 Å². The number of nitrogens with one attached hydrogen (secondary N) is 1. The van der Waals surface area contributed by atoms with Crippen molar-refractivity contribution in [2.45, 2.75) is 47.1 Å². The van der Waals surface area contributed by atoms with Crippen molar-refractivity contribution < 1.29 is 4.79 Å². The Balaban J connectivity index is 1.97. The van der Waals surface area contributed by atoms with E-state index in [1.165, 1.54) is 10.7 Å². The fourth-order valence-electron chi connectivity index (χ4n) is 3.44. The van der Waals surface area contributed by atoms with Gasteiger partial charge in [-0.05, 0) is 63.4 Å². The molecule has 5 nitrogen and oxygen atoms in total. The summed E-state index contributed by atoms with van der Waals surface area (Å²) in [6.45, 7) is 9.87. The van der Waals surface area contributed by atoms with Crippen molar-refractivity contribution in [1.29, 1.82) is 0 Å². The van der Waals surface area contributed by atoms with E-state index in [1.807, 2.05) is 71.0 Å². The Morgan fingerprint density at radius 2 is 1.66 bits per heavy atom. The molecular weight excluding hydrogens is 362 g/mol. The summed E-state index contributed by atoms with van der Waals surface area (Å²) in [5.41, 5.74) is 6.40. The minimum atomic E-state index is -0.687. The fourth-order valence-corrected chi connectivity index (χ4v) is 3.44. The highest BCUT2D eigenvalue weighted by Gasteiger charge is 2.22. The summed E-state index contributed by atoms with van der Waals surface area (Å²) in [6.07, 6.45) is 0.458. The van der Waals surface area contributed by atoms with Gasteiger partial charge in [0.2, 0.25) is 5.91 Å². The summed E-state index contributed by atoms with van der Waals surface area (Å²) in [6, 6.07) is 14.5. The minimum absolute atomic E-state index is 0.243. The maximum Gasteiger partial charge on any atom is 0.267 e. The van der Waals surface area contributed by atoms with E-state index < -0.39 is 6.04 Å². The van der Waals surface area contributed by atoms with Gasteiger partial charge in [0.25, 0.3) is 5.56 Å². The van der Waals surface area contributed by atoms with E-state index in [0.717, 1.165) is 33.5 Å². The monoisotopic (exact) mass is 389 g/mol. The number of aryl methyl sites for hydroxylation is 4. The fraction of sp³-hybridized carbons (Fsp3) is 0.292. The molecule has 0 bridgehead atoms. The molecule has 0 saturated carbocycles. The second-order valence-electron chi connectivity index (χ2n) is 7.55. The lowest BCUT2D eigenvalue weighted by Crippen LogP contribution is -2.34. The van der Waals surface area contributed by atoms with Crippen molar-refractivity contribution in [1.82, 2.24) is 9.78 Å². The molecule has 0 unspecified atom stereocenters. The van der Waals surface area contributed by atoms with Crippen LogP contribution in [0.1, 0.15) is 41.6 Å². The highest BCUT2D eigenvalue weighted by Crippen LogP contribution is 2.23. The van der Waals surface area contributed by atoms with Crippen LogP contribution < -0.4 is 10.9 Å². The zero-order valence-electron chi connectivity index (χ0n) is 17.6. The van der Waals surface area contributed by atoms with Crippen LogP contribution in [0.4, 0.5) is 5.69 Å². The molecule has 0 spiro atoms. The van der Waals surface area contributed by atoms with Gasteiger partial charge in [-0.25, -0.2) is 4.68 Å². The lowest BCUT2D eigenvalue weighted by atomic mass is 10.0. The predicted molar refractivity (Wildman–Crippen MR) is 117 cm³/mol. The lowest BCUT2D eigenvalue weighted by molar-refractivity contribution is -0.119. The summed E-state index contributed by atoms with van der Waals surface area (Å²) in [5, 5.41) is 7.51. The Hall–Kier alpha value is -3.21. The topological polar surface area (TPSA) is 64.0 Å². The van der Waals surface area contributed by atoms with Crippen LogP contribution in [0.25, 0.3) is 11.3 Å². The molecule has 1 amide bonds. The van der Waals surface area contributed by atoms with Gasteiger partial charge in [-0.3, -0.25) is 9.59 Å². The van der Waals surface area contributed by atoms with Crippen LogP contribution in [0.2, 0.25) is 0 Å². The van der Waals surface area contributed by atoms with E-state index in [1.54, 1.807) is 6.07 Å². The molecule has 150 valence electrons. The summed E-state index contributed by atoms with van der Waals surface area (Å²) in [4.78, 5) is 25.5. The summed E-state index contributed by atoms with van der Waals surface area (Å²) < 4.78 is 1.30. The number of carbonyl (C=O) groups is 1. The van der Waals surface area contributed by atoms with Gasteiger partial charge in [-0.2, -0.15) is 5.10 Å². The van der Waals surface area contributed by atoms with Gasteiger partial charge in [0, 0.05) is 17.3 Å². The van der Waals surface area contributed by atoms with Crippen LogP contribution in [-0.2, 0) is 4.79 Å². The molecule has 0 aliphatic rings. The largest absolute Gasteiger partial charge is 0.324 e. The van der Waals surface area contributed by atoms with Crippen molar-refractivity contribution in [3.63, 3.8) is 0 Å². The standard InChI is InChI=1S/C24H27N3O2/c1-6-22(24(29)25-20-10-8-15(2)13-18(20)5)27-23(28)12-11-21(26-27)19-14-16(3)7-9-17(19)4/h7-14,22H,6H2,1-5H3,(H,25,29)/t22-/m0/s1.